The van der Waals surface area contributed by atoms with Crippen molar-refractivity contribution in [1.82, 2.24) is 10.3 Å². The summed E-state index contributed by atoms with van der Waals surface area (Å²) in [5.74, 6) is 0.845. The number of nitriles is 1. The fourth-order valence-electron chi connectivity index (χ4n) is 2.37. The number of anilines is 1. The lowest BCUT2D eigenvalue weighted by molar-refractivity contribution is -0.129. The molecule has 0 aromatic carbocycles. The fourth-order valence-corrected chi connectivity index (χ4v) is 2.37. The molecule has 1 aromatic rings. The lowest BCUT2D eigenvalue weighted by Gasteiger charge is -2.34. The van der Waals surface area contributed by atoms with Crippen molar-refractivity contribution in [3.8, 4) is 6.07 Å². The second-order valence-electron chi connectivity index (χ2n) is 6.47. The van der Waals surface area contributed by atoms with Gasteiger partial charge in [-0.25, -0.2) is 4.98 Å². The van der Waals surface area contributed by atoms with Crippen molar-refractivity contribution in [2.24, 2.45) is 5.41 Å². The van der Waals surface area contributed by atoms with E-state index in [4.69, 9.17) is 5.26 Å². The van der Waals surface area contributed by atoms with Crippen LogP contribution in [0.3, 0.4) is 0 Å². The zero-order valence-corrected chi connectivity index (χ0v) is 12.9. The Labute approximate surface area is 126 Å². The molecule has 1 aromatic heterocycles. The average molecular weight is 286 g/mol. The summed E-state index contributed by atoms with van der Waals surface area (Å²) in [4.78, 5) is 18.4. The van der Waals surface area contributed by atoms with E-state index in [1.165, 1.54) is 0 Å². The molecule has 2 rings (SSSR count). The van der Waals surface area contributed by atoms with E-state index in [-0.39, 0.29) is 17.4 Å². The summed E-state index contributed by atoms with van der Waals surface area (Å²) in [5.41, 5.74) is 0.251. The molecule has 1 amide bonds. The van der Waals surface area contributed by atoms with Crippen LogP contribution in [-0.4, -0.2) is 30.0 Å². The number of pyridine rings is 1. The normalized spacial score (nSPS) is 16.4. The highest BCUT2D eigenvalue weighted by Crippen LogP contribution is 2.22. The summed E-state index contributed by atoms with van der Waals surface area (Å²) < 4.78 is 0. The maximum absolute atomic E-state index is 12.0. The van der Waals surface area contributed by atoms with Crippen molar-refractivity contribution in [2.75, 3.05) is 18.0 Å². The van der Waals surface area contributed by atoms with Crippen LogP contribution in [-0.2, 0) is 4.79 Å². The summed E-state index contributed by atoms with van der Waals surface area (Å²) in [6.07, 6.45) is 3.47. The molecule has 0 unspecified atom stereocenters. The Balaban J connectivity index is 1.95. The predicted molar refractivity (Wildman–Crippen MR) is 81.8 cm³/mol. The topological polar surface area (TPSA) is 69.0 Å². The molecule has 5 nitrogen and oxygen atoms in total. The first kappa shape index (κ1) is 15.3. The minimum absolute atomic E-state index is 0.0940. The number of piperidine rings is 1. The highest BCUT2D eigenvalue weighted by Gasteiger charge is 2.27. The summed E-state index contributed by atoms with van der Waals surface area (Å²) in [6.45, 7) is 7.38. The van der Waals surface area contributed by atoms with Gasteiger partial charge in [0, 0.05) is 30.7 Å². The smallest absolute Gasteiger partial charge is 0.225 e. The maximum atomic E-state index is 12.0. The van der Waals surface area contributed by atoms with Crippen LogP contribution in [0.1, 0.15) is 39.2 Å². The molecule has 0 aliphatic carbocycles. The Morgan fingerprint density at radius 3 is 2.67 bits per heavy atom. The van der Waals surface area contributed by atoms with Gasteiger partial charge < -0.3 is 10.2 Å². The molecule has 5 heteroatoms. The Bertz CT molecular complexity index is 548. The highest BCUT2D eigenvalue weighted by molar-refractivity contribution is 5.81. The van der Waals surface area contributed by atoms with Gasteiger partial charge in [-0.2, -0.15) is 5.26 Å². The number of rotatable bonds is 2. The van der Waals surface area contributed by atoms with Crippen molar-refractivity contribution in [2.45, 2.75) is 39.7 Å². The van der Waals surface area contributed by atoms with Gasteiger partial charge in [0.1, 0.15) is 11.9 Å². The summed E-state index contributed by atoms with van der Waals surface area (Å²) >= 11 is 0. The highest BCUT2D eigenvalue weighted by atomic mass is 16.2. The van der Waals surface area contributed by atoms with Crippen molar-refractivity contribution >= 4 is 11.7 Å². The maximum Gasteiger partial charge on any atom is 0.225 e. The standard InChI is InChI=1S/C16H22N4O/c1-16(2,3)15(21)19-13-6-9-20(10-7-13)14-12(11-17)5-4-8-18-14/h4-5,8,13H,6-7,9-10H2,1-3H3,(H,19,21). The molecule has 0 radical (unpaired) electrons. The van der Waals surface area contributed by atoms with E-state index < -0.39 is 0 Å². The predicted octanol–water partition coefficient (Wildman–Crippen LogP) is 2.08. The van der Waals surface area contributed by atoms with Crippen molar-refractivity contribution in [3.63, 3.8) is 0 Å². The second kappa shape index (κ2) is 6.13. The van der Waals surface area contributed by atoms with E-state index in [1.807, 2.05) is 20.8 Å². The minimum Gasteiger partial charge on any atom is -0.355 e. The largest absolute Gasteiger partial charge is 0.355 e. The molecule has 2 heterocycles. The second-order valence-corrected chi connectivity index (χ2v) is 6.47. The minimum atomic E-state index is -0.355. The van der Waals surface area contributed by atoms with Crippen LogP contribution >= 0.6 is 0 Å². The van der Waals surface area contributed by atoms with E-state index >= 15 is 0 Å². The van der Waals surface area contributed by atoms with Crippen LogP contribution in [0.5, 0.6) is 0 Å². The van der Waals surface area contributed by atoms with Crippen LogP contribution < -0.4 is 10.2 Å². The molecule has 1 fully saturated rings. The third-order valence-corrected chi connectivity index (χ3v) is 3.72. The molecule has 0 atom stereocenters. The van der Waals surface area contributed by atoms with Crippen molar-refractivity contribution < 1.29 is 4.79 Å². The van der Waals surface area contributed by atoms with E-state index in [0.717, 1.165) is 31.7 Å². The Morgan fingerprint density at radius 1 is 1.43 bits per heavy atom. The summed E-state index contributed by atoms with van der Waals surface area (Å²) in [7, 11) is 0. The van der Waals surface area contributed by atoms with E-state index in [9.17, 15) is 4.79 Å². The Kier molecular flexibility index (Phi) is 4.46. The first-order valence-corrected chi connectivity index (χ1v) is 7.33. The fraction of sp³-hybridized carbons (Fsp3) is 0.562. The van der Waals surface area contributed by atoms with Gasteiger partial charge >= 0.3 is 0 Å². The van der Waals surface area contributed by atoms with Gasteiger partial charge in [-0.05, 0) is 25.0 Å². The SMILES string of the molecule is CC(C)(C)C(=O)NC1CCN(c2ncccc2C#N)CC1. The molecular formula is C16H22N4O. The summed E-state index contributed by atoms with van der Waals surface area (Å²) in [6, 6.07) is 5.96. The Morgan fingerprint density at radius 2 is 2.10 bits per heavy atom. The van der Waals surface area contributed by atoms with E-state index in [2.05, 4.69) is 21.3 Å². The molecule has 1 aliphatic heterocycles. The first-order valence-electron chi connectivity index (χ1n) is 7.33. The number of carbonyl (C=O) groups excluding carboxylic acids is 1. The number of hydrogen-bond donors (Lipinski definition) is 1. The van der Waals surface area contributed by atoms with Crippen LogP contribution in [0, 0.1) is 16.7 Å². The zero-order chi connectivity index (χ0) is 15.5. The number of nitrogens with zero attached hydrogens (tertiary/aromatic N) is 3. The molecular weight excluding hydrogens is 264 g/mol. The number of amides is 1. The molecule has 1 N–H and O–H groups in total. The quantitative estimate of drug-likeness (QED) is 0.903. The summed E-state index contributed by atoms with van der Waals surface area (Å²) in [5, 5.41) is 12.2. The first-order chi connectivity index (χ1) is 9.91. The van der Waals surface area contributed by atoms with Crippen LogP contribution in [0.2, 0.25) is 0 Å². The van der Waals surface area contributed by atoms with E-state index in [0.29, 0.717) is 5.56 Å². The number of carbonyl (C=O) groups is 1. The van der Waals surface area contributed by atoms with Gasteiger partial charge in [-0.3, -0.25) is 4.79 Å². The molecule has 112 valence electrons. The third kappa shape index (κ3) is 3.72. The van der Waals surface area contributed by atoms with Crippen molar-refractivity contribution in [3.05, 3.63) is 23.9 Å². The molecule has 1 saturated heterocycles. The average Bonchev–Trinajstić information content (AvgIpc) is 2.47. The zero-order valence-electron chi connectivity index (χ0n) is 12.9. The van der Waals surface area contributed by atoms with Crippen LogP contribution in [0.4, 0.5) is 5.82 Å². The van der Waals surface area contributed by atoms with Gasteiger partial charge in [0.15, 0.2) is 0 Å². The van der Waals surface area contributed by atoms with Gasteiger partial charge in [0.05, 0.1) is 5.56 Å². The number of hydrogen-bond acceptors (Lipinski definition) is 4. The molecule has 0 saturated carbocycles. The van der Waals surface area contributed by atoms with Gasteiger partial charge in [-0.15, -0.1) is 0 Å². The lowest BCUT2D eigenvalue weighted by Crippen LogP contribution is -2.48. The van der Waals surface area contributed by atoms with Crippen molar-refractivity contribution in [1.29, 1.82) is 5.26 Å². The van der Waals surface area contributed by atoms with Gasteiger partial charge in [0.25, 0.3) is 0 Å². The van der Waals surface area contributed by atoms with Crippen LogP contribution in [0.25, 0.3) is 0 Å². The molecule has 0 bridgehead atoms. The lowest BCUT2D eigenvalue weighted by atomic mass is 9.94. The number of aromatic nitrogens is 1. The molecule has 0 spiro atoms. The Hall–Kier alpha value is -2.09. The molecule has 1 aliphatic rings. The van der Waals surface area contributed by atoms with Gasteiger partial charge in [0.2, 0.25) is 5.91 Å². The monoisotopic (exact) mass is 286 g/mol. The van der Waals surface area contributed by atoms with Gasteiger partial charge in [-0.1, -0.05) is 20.8 Å². The van der Waals surface area contributed by atoms with E-state index in [1.54, 1.807) is 18.3 Å². The number of nitrogens with one attached hydrogen (secondary N) is 1. The molecule has 21 heavy (non-hydrogen) atoms. The van der Waals surface area contributed by atoms with Crippen LogP contribution in [0.15, 0.2) is 18.3 Å². The third-order valence-electron chi connectivity index (χ3n) is 3.72.